The van der Waals surface area contributed by atoms with Crippen molar-refractivity contribution in [1.29, 1.82) is 10.5 Å². The van der Waals surface area contributed by atoms with Gasteiger partial charge in [-0.2, -0.15) is 10.5 Å². The van der Waals surface area contributed by atoms with Gasteiger partial charge in [-0.05, 0) is 30.9 Å². The molecule has 108 valence electrons. The molecule has 0 spiro atoms. The second kappa shape index (κ2) is 7.02. The Balaban J connectivity index is 2.27. The van der Waals surface area contributed by atoms with E-state index >= 15 is 0 Å². The third-order valence-electron chi connectivity index (χ3n) is 3.70. The van der Waals surface area contributed by atoms with Crippen molar-refractivity contribution in [3.8, 4) is 12.1 Å². The standard InChI is InChI=1S/C16H17ClN4/c1-12-5-7-21(8-6-12)16-14(17)3-2-4-15(16)20-11-13(9-18)10-19/h2-4,11-12,20H,5-8H2,1H3. The molecular weight excluding hydrogens is 284 g/mol. The average molecular weight is 301 g/mol. The molecule has 0 atom stereocenters. The van der Waals surface area contributed by atoms with Crippen molar-refractivity contribution in [2.75, 3.05) is 23.3 Å². The van der Waals surface area contributed by atoms with Crippen LogP contribution < -0.4 is 10.2 Å². The molecule has 0 aromatic heterocycles. The molecule has 1 aliphatic heterocycles. The first-order valence-electron chi connectivity index (χ1n) is 6.96. The van der Waals surface area contributed by atoms with Crippen LogP contribution in [0.3, 0.4) is 0 Å². The normalized spacial score (nSPS) is 15.0. The Labute approximate surface area is 130 Å². The van der Waals surface area contributed by atoms with Gasteiger partial charge >= 0.3 is 0 Å². The van der Waals surface area contributed by atoms with Gasteiger partial charge in [0.15, 0.2) is 0 Å². The van der Waals surface area contributed by atoms with Crippen molar-refractivity contribution >= 4 is 23.0 Å². The molecule has 0 aliphatic carbocycles. The van der Waals surface area contributed by atoms with Crippen molar-refractivity contribution in [1.82, 2.24) is 0 Å². The molecule has 0 saturated carbocycles. The average Bonchev–Trinajstić information content (AvgIpc) is 2.50. The lowest BCUT2D eigenvalue weighted by Gasteiger charge is -2.34. The first-order valence-corrected chi connectivity index (χ1v) is 7.34. The van der Waals surface area contributed by atoms with E-state index in [1.54, 1.807) is 0 Å². The SMILES string of the molecule is CC1CCN(c2c(Cl)cccc2NC=C(C#N)C#N)CC1. The zero-order valence-electron chi connectivity index (χ0n) is 11.9. The number of benzene rings is 1. The molecule has 2 rings (SSSR count). The minimum Gasteiger partial charge on any atom is -0.369 e. The second-order valence-corrected chi connectivity index (χ2v) is 5.64. The Bertz CT molecular complexity index is 600. The maximum Gasteiger partial charge on any atom is 0.145 e. The summed E-state index contributed by atoms with van der Waals surface area (Å²) in [5.74, 6) is 0.740. The van der Waals surface area contributed by atoms with Crippen molar-refractivity contribution in [3.05, 3.63) is 35.0 Å². The Morgan fingerprint density at radius 1 is 1.33 bits per heavy atom. The summed E-state index contributed by atoms with van der Waals surface area (Å²) in [7, 11) is 0. The number of hydrogen-bond acceptors (Lipinski definition) is 4. The fourth-order valence-corrected chi connectivity index (χ4v) is 2.72. The van der Waals surface area contributed by atoms with Crippen LogP contribution in [0.4, 0.5) is 11.4 Å². The van der Waals surface area contributed by atoms with Gasteiger partial charge in [0.1, 0.15) is 17.7 Å². The number of nitriles is 2. The minimum atomic E-state index is 0.0354. The van der Waals surface area contributed by atoms with Gasteiger partial charge in [-0.3, -0.25) is 0 Å². The Hall–Kier alpha value is -2.17. The second-order valence-electron chi connectivity index (χ2n) is 5.23. The van der Waals surface area contributed by atoms with E-state index in [2.05, 4.69) is 17.1 Å². The molecule has 5 heteroatoms. The lowest BCUT2D eigenvalue weighted by atomic mass is 9.98. The molecule has 0 radical (unpaired) electrons. The maximum atomic E-state index is 8.79. The number of anilines is 2. The van der Waals surface area contributed by atoms with Crippen LogP contribution in [-0.4, -0.2) is 13.1 Å². The summed E-state index contributed by atoms with van der Waals surface area (Å²) < 4.78 is 0. The van der Waals surface area contributed by atoms with Crippen LogP contribution in [0.2, 0.25) is 5.02 Å². The van der Waals surface area contributed by atoms with E-state index in [-0.39, 0.29) is 5.57 Å². The summed E-state index contributed by atoms with van der Waals surface area (Å²) in [6.45, 7) is 4.19. The predicted molar refractivity (Wildman–Crippen MR) is 85.0 cm³/mol. The van der Waals surface area contributed by atoms with Crippen LogP contribution in [-0.2, 0) is 0 Å². The minimum absolute atomic E-state index is 0.0354. The number of nitrogens with zero attached hydrogens (tertiary/aromatic N) is 3. The number of allylic oxidation sites excluding steroid dienone is 1. The summed E-state index contributed by atoms with van der Waals surface area (Å²) in [6.07, 6.45) is 3.70. The summed E-state index contributed by atoms with van der Waals surface area (Å²) in [5.41, 5.74) is 1.80. The first-order chi connectivity index (χ1) is 10.2. The van der Waals surface area contributed by atoms with E-state index in [4.69, 9.17) is 22.1 Å². The molecule has 1 N–H and O–H groups in total. The Kier molecular flexibility index (Phi) is 5.09. The number of para-hydroxylation sites is 1. The van der Waals surface area contributed by atoms with Crippen molar-refractivity contribution in [3.63, 3.8) is 0 Å². The molecule has 1 aromatic carbocycles. The largest absolute Gasteiger partial charge is 0.369 e. The van der Waals surface area contributed by atoms with Crippen LogP contribution in [0.25, 0.3) is 0 Å². The van der Waals surface area contributed by atoms with E-state index in [1.807, 2.05) is 30.3 Å². The highest BCUT2D eigenvalue weighted by Crippen LogP contribution is 2.36. The van der Waals surface area contributed by atoms with Gasteiger partial charge in [-0.15, -0.1) is 0 Å². The molecule has 1 heterocycles. The van der Waals surface area contributed by atoms with E-state index in [9.17, 15) is 0 Å². The third kappa shape index (κ3) is 3.68. The zero-order chi connectivity index (χ0) is 15.2. The fourth-order valence-electron chi connectivity index (χ4n) is 2.42. The Morgan fingerprint density at radius 2 is 2.00 bits per heavy atom. The van der Waals surface area contributed by atoms with Crippen LogP contribution >= 0.6 is 11.6 Å². The number of halogens is 1. The molecule has 1 aromatic rings. The number of piperidine rings is 1. The van der Waals surface area contributed by atoms with Crippen molar-refractivity contribution < 1.29 is 0 Å². The Morgan fingerprint density at radius 3 is 2.62 bits per heavy atom. The highest BCUT2D eigenvalue weighted by atomic mass is 35.5. The topological polar surface area (TPSA) is 62.9 Å². The summed E-state index contributed by atoms with van der Waals surface area (Å²) in [4.78, 5) is 2.26. The molecule has 0 bridgehead atoms. The zero-order valence-corrected chi connectivity index (χ0v) is 12.7. The molecule has 4 nitrogen and oxygen atoms in total. The van der Waals surface area contributed by atoms with Crippen LogP contribution in [0.1, 0.15) is 19.8 Å². The smallest absolute Gasteiger partial charge is 0.145 e. The van der Waals surface area contributed by atoms with E-state index in [1.165, 1.54) is 6.20 Å². The molecule has 1 aliphatic rings. The van der Waals surface area contributed by atoms with Gasteiger partial charge in [0.05, 0.1) is 16.4 Å². The molecule has 0 amide bonds. The number of nitrogens with one attached hydrogen (secondary N) is 1. The highest BCUT2D eigenvalue weighted by Gasteiger charge is 2.20. The molecule has 0 unspecified atom stereocenters. The van der Waals surface area contributed by atoms with E-state index < -0.39 is 0 Å². The van der Waals surface area contributed by atoms with Crippen LogP contribution in [0.5, 0.6) is 0 Å². The summed E-state index contributed by atoms with van der Waals surface area (Å²) in [6, 6.07) is 9.28. The number of hydrogen-bond donors (Lipinski definition) is 1. The quantitative estimate of drug-likeness (QED) is 0.859. The van der Waals surface area contributed by atoms with Gasteiger partial charge in [-0.25, -0.2) is 0 Å². The van der Waals surface area contributed by atoms with Gasteiger partial charge < -0.3 is 10.2 Å². The van der Waals surface area contributed by atoms with Gasteiger partial charge in [0.2, 0.25) is 0 Å². The molecule has 1 saturated heterocycles. The van der Waals surface area contributed by atoms with Crippen LogP contribution in [0.15, 0.2) is 30.0 Å². The first kappa shape index (κ1) is 15.2. The lowest BCUT2D eigenvalue weighted by molar-refractivity contribution is 0.439. The molecule has 1 fully saturated rings. The van der Waals surface area contributed by atoms with Gasteiger partial charge in [-0.1, -0.05) is 24.6 Å². The third-order valence-corrected chi connectivity index (χ3v) is 4.00. The van der Waals surface area contributed by atoms with Gasteiger partial charge in [0, 0.05) is 19.3 Å². The van der Waals surface area contributed by atoms with Crippen molar-refractivity contribution in [2.24, 2.45) is 5.92 Å². The molecular formula is C16H17ClN4. The highest BCUT2D eigenvalue weighted by molar-refractivity contribution is 6.34. The lowest BCUT2D eigenvalue weighted by Crippen LogP contribution is -2.33. The summed E-state index contributed by atoms with van der Waals surface area (Å²) >= 11 is 6.35. The van der Waals surface area contributed by atoms with Crippen LogP contribution in [0, 0.1) is 28.6 Å². The van der Waals surface area contributed by atoms with E-state index in [0.29, 0.717) is 5.02 Å². The van der Waals surface area contributed by atoms with Crippen molar-refractivity contribution in [2.45, 2.75) is 19.8 Å². The maximum absolute atomic E-state index is 8.79. The fraction of sp³-hybridized carbons (Fsp3) is 0.375. The van der Waals surface area contributed by atoms with E-state index in [0.717, 1.165) is 43.2 Å². The molecule has 21 heavy (non-hydrogen) atoms. The monoisotopic (exact) mass is 300 g/mol. The predicted octanol–water partition coefficient (Wildman–Crippen LogP) is 3.92. The summed E-state index contributed by atoms with van der Waals surface area (Å²) in [5, 5.41) is 21.3. The van der Waals surface area contributed by atoms with Gasteiger partial charge in [0.25, 0.3) is 0 Å². The number of rotatable bonds is 3.